The van der Waals surface area contributed by atoms with Crippen molar-refractivity contribution >= 4 is 37.8 Å². The van der Waals surface area contributed by atoms with Crippen molar-refractivity contribution in [3.05, 3.63) is 83.9 Å². The van der Waals surface area contributed by atoms with E-state index in [1.54, 1.807) is 12.4 Å². The third kappa shape index (κ3) is 5.42. The first kappa shape index (κ1) is 30.0. The highest BCUT2D eigenvalue weighted by Crippen LogP contribution is 2.35. The molecule has 0 radical (unpaired) electrons. The first-order valence-electron chi connectivity index (χ1n) is 13.7. The van der Waals surface area contributed by atoms with Gasteiger partial charge in [0.05, 0.1) is 34.0 Å². The lowest BCUT2D eigenvalue weighted by molar-refractivity contribution is -0.0373. The minimum Gasteiger partial charge on any atom is -0.495 e. The fourth-order valence-corrected chi connectivity index (χ4v) is 6.46. The van der Waals surface area contributed by atoms with Crippen LogP contribution in [0.4, 0.5) is 5.82 Å². The Labute approximate surface area is 258 Å². The fourth-order valence-electron chi connectivity index (χ4n) is 5.25. The Hall–Kier alpha value is -5.09. The van der Waals surface area contributed by atoms with Crippen LogP contribution in [0.3, 0.4) is 0 Å². The summed E-state index contributed by atoms with van der Waals surface area (Å²) in [6.07, 6.45) is -0.644. The van der Waals surface area contributed by atoms with Crippen molar-refractivity contribution in [2.45, 2.75) is 29.4 Å². The number of ether oxygens (including phenoxy) is 2. The number of nitrogen functional groups attached to an aromatic ring is 1. The molecule has 0 aliphatic carbocycles. The topological polar surface area (TPSA) is 190 Å². The number of methoxy groups -OCH3 is 1. The van der Waals surface area contributed by atoms with Crippen LogP contribution in [0.15, 0.2) is 72.1 Å². The number of likely N-dealkylation sites (N-methyl/N-ethyl adjacent to an activating group) is 1. The summed E-state index contributed by atoms with van der Waals surface area (Å²) in [7, 11) is -1.41. The number of anilines is 1. The van der Waals surface area contributed by atoms with E-state index in [1.165, 1.54) is 43.3 Å². The number of pyridine rings is 1. The molecule has 1 saturated heterocycles. The number of nitrogens with zero attached hydrogens (tertiary/aromatic N) is 6. The molecule has 3 aromatic heterocycles. The zero-order chi connectivity index (χ0) is 31.9. The number of hydrogen-bond donors (Lipinski definition) is 3. The van der Waals surface area contributed by atoms with Crippen molar-refractivity contribution in [1.82, 2.24) is 23.8 Å². The van der Waals surface area contributed by atoms with Gasteiger partial charge >= 0.3 is 0 Å². The van der Waals surface area contributed by atoms with Crippen molar-refractivity contribution in [3.8, 4) is 23.7 Å². The smallest absolute Gasteiger partial charge is 0.242 e. The van der Waals surface area contributed by atoms with Crippen molar-refractivity contribution in [2.75, 3.05) is 26.4 Å². The van der Waals surface area contributed by atoms with Crippen LogP contribution in [-0.2, 0) is 14.8 Å². The molecule has 0 bridgehead atoms. The quantitative estimate of drug-likeness (QED) is 0.233. The Bertz CT molecular complexity index is 2150. The maximum Gasteiger partial charge on any atom is 0.242 e. The summed E-state index contributed by atoms with van der Waals surface area (Å²) in [5.41, 5.74) is 8.54. The van der Waals surface area contributed by atoms with Gasteiger partial charge in [-0.15, -0.1) is 0 Å². The average Bonchev–Trinajstić information content (AvgIpc) is 3.56. The van der Waals surface area contributed by atoms with E-state index in [4.69, 9.17) is 15.2 Å². The Morgan fingerprint density at radius 2 is 1.89 bits per heavy atom. The number of aliphatic hydroxyl groups excluding tert-OH is 2. The number of sulfonamides is 1. The summed E-state index contributed by atoms with van der Waals surface area (Å²) in [4.78, 5) is 12.7. The number of aliphatic hydroxyl groups is 2. The SMILES string of the molecule is COc1ccc(S(=O)(=O)N(C)C[C@H]2O[C@@H](n3cc(C#Cc4cnc5ccccc5c4)c4c(N)ncnc43)[C@H](O)[C@@H]2O)cc1C#N. The Morgan fingerprint density at radius 1 is 1.09 bits per heavy atom. The molecular weight excluding hydrogens is 598 g/mol. The second-order valence-corrected chi connectivity index (χ2v) is 12.4. The standard InChI is InChI=1S/C31H27N7O6S/c1-37(45(41,42)22-9-10-24(43-2)21(12-22)13-32)16-25-27(39)28(40)31(44-25)38-15-20(26-29(33)35-17-36-30(26)38)8-7-18-11-19-5-3-4-6-23(19)34-14-18/h3-6,9-12,14-15,17,25,27-28,31,39-40H,16H2,1-2H3,(H2,33,35,36)/t25-,27-,28-,31-/m1/s1. The molecule has 45 heavy (non-hydrogen) atoms. The molecule has 2 aromatic carbocycles. The number of benzene rings is 2. The van der Waals surface area contributed by atoms with E-state index in [0.717, 1.165) is 15.2 Å². The lowest BCUT2D eigenvalue weighted by Gasteiger charge is -2.23. The van der Waals surface area contributed by atoms with E-state index in [2.05, 4.69) is 26.8 Å². The second kappa shape index (κ2) is 11.8. The average molecular weight is 626 g/mol. The first-order chi connectivity index (χ1) is 21.6. The van der Waals surface area contributed by atoms with E-state index in [1.807, 2.05) is 36.4 Å². The van der Waals surface area contributed by atoms with E-state index in [9.17, 15) is 23.9 Å². The number of hydrogen-bond acceptors (Lipinski definition) is 11. The number of nitrogens with two attached hydrogens (primary N) is 1. The van der Waals surface area contributed by atoms with E-state index >= 15 is 0 Å². The van der Waals surface area contributed by atoms with Crippen LogP contribution in [0, 0.1) is 23.2 Å². The zero-order valence-corrected chi connectivity index (χ0v) is 24.9. The molecule has 4 heterocycles. The molecule has 13 nitrogen and oxygen atoms in total. The van der Waals surface area contributed by atoms with E-state index in [-0.39, 0.29) is 28.6 Å². The van der Waals surface area contributed by atoms with E-state index < -0.39 is 34.6 Å². The minimum absolute atomic E-state index is 0.0520. The molecule has 6 rings (SSSR count). The predicted molar refractivity (Wildman–Crippen MR) is 163 cm³/mol. The van der Waals surface area contributed by atoms with Crippen LogP contribution in [0.5, 0.6) is 5.75 Å². The van der Waals surface area contributed by atoms with Crippen molar-refractivity contribution in [1.29, 1.82) is 5.26 Å². The molecule has 228 valence electrons. The maximum absolute atomic E-state index is 13.3. The van der Waals surface area contributed by atoms with Gasteiger partial charge in [-0.1, -0.05) is 30.0 Å². The van der Waals surface area contributed by atoms with Crippen LogP contribution < -0.4 is 10.5 Å². The monoisotopic (exact) mass is 625 g/mol. The van der Waals surface area contributed by atoms with Crippen LogP contribution in [0.25, 0.3) is 21.9 Å². The Balaban J connectivity index is 1.29. The van der Waals surface area contributed by atoms with Crippen LogP contribution in [0.2, 0.25) is 0 Å². The summed E-state index contributed by atoms with van der Waals surface area (Å²) in [6.45, 7) is -0.303. The highest BCUT2D eigenvalue weighted by atomic mass is 32.2. The molecule has 1 aliphatic heterocycles. The molecule has 0 saturated carbocycles. The number of fused-ring (bicyclic) bond motifs is 2. The number of rotatable bonds is 6. The van der Waals surface area contributed by atoms with Gasteiger partial charge in [0.1, 0.15) is 47.9 Å². The van der Waals surface area contributed by atoms with Gasteiger partial charge in [0.15, 0.2) is 6.23 Å². The van der Waals surface area contributed by atoms with Gasteiger partial charge in [-0.25, -0.2) is 18.4 Å². The van der Waals surface area contributed by atoms with Gasteiger partial charge in [0, 0.05) is 36.9 Å². The van der Waals surface area contributed by atoms with Crippen molar-refractivity contribution < 1.29 is 28.1 Å². The normalized spacial score (nSPS) is 19.8. The molecule has 4 atom stereocenters. The first-order valence-corrected chi connectivity index (χ1v) is 15.1. The highest BCUT2D eigenvalue weighted by Gasteiger charge is 2.45. The van der Waals surface area contributed by atoms with Gasteiger partial charge in [-0.05, 0) is 30.3 Å². The number of nitriles is 1. The molecular formula is C31H27N7O6S. The predicted octanol–water partition coefficient (Wildman–Crippen LogP) is 1.78. The summed E-state index contributed by atoms with van der Waals surface area (Å²) in [5, 5.41) is 32.7. The number of para-hydroxylation sites is 1. The molecule has 1 aliphatic rings. The molecule has 0 amide bonds. The Morgan fingerprint density at radius 3 is 2.67 bits per heavy atom. The van der Waals surface area contributed by atoms with E-state index in [0.29, 0.717) is 22.2 Å². The largest absolute Gasteiger partial charge is 0.495 e. The fraction of sp³-hybridized carbons (Fsp3) is 0.226. The maximum atomic E-state index is 13.3. The highest BCUT2D eigenvalue weighted by molar-refractivity contribution is 7.89. The lowest BCUT2D eigenvalue weighted by Crippen LogP contribution is -2.40. The second-order valence-electron chi connectivity index (χ2n) is 10.4. The van der Waals surface area contributed by atoms with Gasteiger partial charge in [0.2, 0.25) is 10.0 Å². The van der Waals surface area contributed by atoms with Crippen LogP contribution >= 0.6 is 0 Å². The third-order valence-electron chi connectivity index (χ3n) is 7.62. The molecule has 0 unspecified atom stereocenters. The third-order valence-corrected chi connectivity index (χ3v) is 9.44. The van der Waals surface area contributed by atoms with Gasteiger partial charge in [-0.2, -0.15) is 9.57 Å². The van der Waals surface area contributed by atoms with Crippen molar-refractivity contribution in [3.63, 3.8) is 0 Å². The van der Waals surface area contributed by atoms with Crippen LogP contribution in [0.1, 0.15) is 22.9 Å². The molecule has 0 spiro atoms. The molecule has 1 fully saturated rings. The van der Waals surface area contributed by atoms with Crippen LogP contribution in [-0.4, -0.2) is 81.5 Å². The van der Waals surface area contributed by atoms with Crippen molar-refractivity contribution in [2.24, 2.45) is 0 Å². The summed E-state index contributed by atoms with van der Waals surface area (Å²) < 4.78 is 40.3. The Kier molecular flexibility index (Phi) is 7.84. The van der Waals surface area contributed by atoms with Gasteiger partial charge in [0.25, 0.3) is 0 Å². The molecule has 14 heteroatoms. The van der Waals surface area contributed by atoms with Gasteiger partial charge in [-0.3, -0.25) is 4.98 Å². The van der Waals surface area contributed by atoms with Gasteiger partial charge < -0.3 is 30.0 Å². The molecule has 4 N–H and O–H groups in total. The minimum atomic E-state index is -4.10. The lowest BCUT2D eigenvalue weighted by atomic mass is 10.1. The summed E-state index contributed by atoms with van der Waals surface area (Å²) in [5.74, 6) is 6.57. The zero-order valence-electron chi connectivity index (χ0n) is 24.1. The molecule has 5 aromatic rings. The summed E-state index contributed by atoms with van der Waals surface area (Å²) in [6, 6.07) is 15.4. The number of aromatic nitrogens is 4. The summed E-state index contributed by atoms with van der Waals surface area (Å²) >= 11 is 0.